The van der Waals surface area contributed by atoms with E-state index in [4.69, 9.17) is 4.74 Å². The number of hydrogen-bond acceptors (Lipinski definition) is 3. The molecule has 1 saturated heterocycles. The van der Waals surface area contributed by atoms with Crippen LogP contribution in [0.1, 0.15) is 24.8 Å². The first-order chi connectivity index (χ1) is 11.2. The van der Waals surface area contributed by atoms with E-state index in [1.807, 2.05) is 20.2 Å². The van der Waals surface area contributed by atoms with Gasteiger partial charge in [0.05, 0.1) is 6.61 Å². The molecular formula is C19H30N2O2. The monoisotopic (exact) mass is 318 g/mol. The lowest BCUT2D eigenvalue weighted by atomic mass is 9.95. The summed E-state index contributed by atoms with van der Waals surface area (Å²) in [6, 6.07) is 10.5. The lowest BCUT2D eigenvalue weighted by molar-refractivity contribution is -0.134. The minimum absolute atomic E-state index is 0.225. The maximum absolute atomic E-state index is 11.9. The predicted molar refractivity (Wildman–Crippen MR) is 93.4 cm³/mol. The molecule has 1 fully saturated rings. The fourth-order valence-electron chi connectivity index (χ4n) is 3.10. The van der Waals surface area contributed by atoms with Crippen LogP contribution in [0.15, 0.2) is 30.3 Å². The molecule has 23 heavy (non-hydrogen) atoms. The third kappa shape index (κ3) is 6.32. The van der Waals surface area contributed by atoms with Crippen LogP contribution in [0.3, 0.4) is 0 Å². The predicted octanol–water partition coefficient (Wildman–Crippen LogP) is 2.44. The number of likely N-dealkylation sites (tertiary alicyclic amines) is 1. The van der Waals surface area contributed by atoms with Crippen molar-refractivity contribution in [3.05, 3.63) is 35.9 Å². The molecule has 4 heteroatoms. The third-order valence-corrected chi connectivity index (χ3v) is 4.52. The average Bonchev–Trinajstić information content (AvgIpc) is 2.58. The van der Waals surface area contributed by atoms with E-state index in [-0.39, 0.29) is 11.8 Å². The van der Waals surface area contributed by atoms with E-state index in [0.29, 0.717) is 0 Å². The summed E-state index contributed by atoms with van der Waals surface area (Å²) >= 11 is 0. The van der Waals surface area contributed by atoms with Gasteiger partial charge in [-0.15, -0.1) is 0 Å². The Balaban J connectivity index is 1.50. The van der Waals surface area contributed by atoms with Crippen molar-refractivity contribution in [1.82, 2.24) is 9.80 Å². The average molecular weight is 318 g/mol. The minimum Gasteiger partial charge on any atom is -0.381 e. The largest absolute Gasteiger partial charge is 0.381 e. The van der Waals surface area contributed by atoms with Gasteiger partial charge in [0.25, 0.3) is 0 Å². The second-order valence-corrected chi connectivity index (χ2v) is 6.55. The Hall–Kier alpha value is -1.39. The molecule has 0 aromatic heterocycles. The van der Waals surface area contributed by atoms with Crippen LogP contribution in [0.25, 0.3) is 0 Å². The topological polar surface area (TPSA) is 32.8 Å². The van der Waals surface area contributed by atoms with E-state index >= 15 is 0 Å². The summed E-state index contributed by atoms with van der Waals surface area (Å²) in [5.74, 6) is 0.511. The lowest BCUT2D eigenvalue weighted by Gasteiger charge is -2.32. The first-order valence-corrected chi connectivity index (χ1v) is 8.72. The van der Waals surface area contributed by atoms with Crippen LogP contribution in [0, 0.1) is 5.92 Å². The zero-order valence-corrected chi connectivity index (χ0v) is 14.5. The molecule has 1 aliphatic heterocycles. The number of piperidine rings is 1. The van der Waals surface area contributed by atoms with Crippen LogP contribution in [0.2, 0.25) is 0 Å². The molecular weight excluding hydrogens is 288 g/mol. The van der Waals surface area contributed by atoms with E-state index in [1.165, 1.54) is 5.56 Å². The van der Waals surface area contributed by atoms with Crippen molar-refractivity contribution < 1.29 is 9.53 Å². The number of nitrogens with zero attached hydrogens (tertiary/aromatic N) is 2. The fraction of sp³-hybridized carbons (Fsp3) is 0.632. The molecule has 0 radical (unpaired) electrons. The van der Waals surface area contributed by atoms with Crippen LogP contribution in [0.5, 0.6) is 0 Å². The summed E-state index contributed by atoms with van der Waals surface area (Å²) in [6.07, 6.45) is 4.04. The first-order valence-electron chi connectivity index (χ1n) is 8.72. The van der Waals surface area contributed by atoms with Crippen molar-refractivity contribution >= 4 is 5.91 Å². The molecule has 0 atom stereocenters. The van der Waals surface area contributed by atoms with Crippen molar-refractivity contribution in [2.45, 2.75) is 25.7 Å². The quantitative estimate of drug-likeness (QED) is 0.690. The highest BCUT2D eigenvalue weighted by molar-refractivity contribution is 5.78. The minimum atomic E-state index is 0.225. The fourth-order valence-corrected chi connectivity index (χ4v) is 3.10. The molecule has 0 saturated carbocycles. The molecule has 1 aromatic carbocycles. The summed E-state index contributed by atoms with van der Waals surface area (Å²) in [6.45, 7) is 4.77. The molecule has 0 aliphatic carbocycles. The standard InChI is InChI=1S/C19H30N2O2/c1-20(2)19(22)18-9-13-21(14-10-18)12-6-15-23-16-11-17-7-4-3-5-8-17/h3-5,7-8,18H,6,9-16H2,1-2H3. The zero-order chi connectivity index (χ0) is 16.5. The second-order valence-electron chi connectivity index (χ2n) is 6.55. The van der Waals surface area contributed by atoms with Gasteiger partial charge in [0.1, 0.15) is 0 Å². The van der Waals surface area contributed by atoms with Gasteiger partial charge in [-0.2, -0.15) is 0 Å². The Bertz CT molecular complexity index is 454. The van der Waals surface area contributed by atoms with Crippen molar-refractivity contribution in [3.63, 3.8) is 0 Å². The van der Waals surface area contributed by atoms with Crippen molar-refractivity contribution in [3.8, 4) is 0 Å². The van der Waals surface area contributed by atoms with Gasteiger partial charge in [0, 0.05) is 33.2 Å². The molecule has 0 N–H and O–H groups in total. The molecule has 0 bridgehead atoms. The molecule has 128 valence electrons. The molecule has 1 aliphatic rings. The number of carbonyl (C=O) groups excluding carboxylic acids is 1. The molecule has 1 aromatic rings. The van der Waals surface area contributed by atoms with Crippen LogP contribution >= 0.6 is 0 Å². The van der Waals surface area contributed by atoms with Gasteiger partial charge in [-0.1, -0.05) is 30.3 Å². The zero-order valence-electron chi connectivity index (χ0n) is 14.5. The van der Waals surface area contributed by atoms with Crippen LogP contribution in [0.4, 0.5) is 0 Å². The van der Waals surface area contributed by atoms with E-state index in [2.05, 4.69) is 29.2 Å². The Morgan fingerprint density at radius 3 is 2.52 bits per heavy atom. The summed E-state index contributed by atoms with van der Waals surface area (Å²) in [5, 5.41) is 0. The molecule has 2 rings (SSSR count). The number of ether oxygens (including phenoxy) is 1. The van der Waals surface area contributed by atoms with Gasteiger partial charge in [0.2, 0.25) is 5.91 Å². The van der Waals surface area contributed by atoms with Crippen LogP contribution in [-0.4, -0.2) is 62.7 Å². The second kappa shape index (κ2) is 9.68. The number of rotatable bonds is 8. The van der Waals surface area contributed by atoms with Crippen LogP contribution in [-0.2, 0) is 16.0 Å². The highest BCUT2D eigenvalue weighted by Gasteiger charge is 2.25. The molecule has 0 unspecified atom stereocenters. The summed E-state index contributed by atoms with van der Waals surface area (Å²) in [4.78, 5) is 16.1. The lowest BCUT2D eigenvalue weighted by Crippen LogP contribution is -2.40. The van der Waals surface area contributed by atoms with Gasteiger partial charge >= 0.3 is 0 Å². The van der Waals surface area contributed by atoms with Gasteiger partial charge in [-0.05, 0) is 44.3 Å². The number of carbonyl (C=O) groups is 1. The first kappa shape index (κ1) is 18.0. The van der Waals surface area contributed by atoms with Gasteiger partial charge in [0.15, 0.2) is 0 Å². The smallest absolute Gasteiger partial charge is 0.225 e. The summed E-state index contributed by atoms with van der Waals surface area (Å²) in [7, 11) is 3.70. The normalized spacial score (nSPS) is 16.4. The van der Waals surface area contributed by atoms with Gasteiger partial charge in [-0.25, -0.2) is 0 Å². The third-order valence-electron chi connectivity index (χ3n) is 4.52. The molecule has 4 nitrogen and oxygen atoms in total. The van der Waals surface area contributed by atoms with Crippen LogP contribution < -0.4 is 0 Å². The van der Waals surface area contributed by atoms with E-state index in [1.54, 1.807) is 4.90 Å². The van der Waals surface area contributed by atoms with E-state index < -0.39 is 0 Å². The molecule has 1 amide bonds. The SMILES string of the molecule is CN(C)C(=O)C1CCN(CCCOCCc2ccccc2)CC1. The maximum Gasteiger partial charge on any atom is 0.225 e. The Labute approximate surface area is 140 Å². The number of benzene rings is 1. The summed E-state index contributed by atoms with van der Waals surface area (Å²) in [5.41, 5.74) is 1.33. The Kier molecular flexibility index (Phi) is 7.56. The number of hydrogen-bond donors (Lipinski definition) is 0. The molecule has 0 spiro atoms. The van der Waals surface area contributed by atoms with Crippen molar-refractivity contribution in [2.24, 2.45) is 5.92 Å². The Morgan fingerprint density at radius 1 is 1.17 bits per heavy atom. The van der Waals surface area contributed by atoms with Gasteiger partial charge < -0.3 is 14.5 Å². The Morgan fingerprint density at radius 2 is 1.87 bits per heavy atom. The highest BCUT2D eigenvalue weighted by Crippen LogP contribution is 2.18. The summed E-state index contributed by atoms with van der Waals surface area (Å²) < 4.78 is 5.73. The van der Waals surface area contributed by atoms with Crippen molar-refractivity contribution in [1.29, 1.82) is 0 Å². The van der Waals surface area contributed by atoms with E-state index in [9.17, 15) is 4.79 Å². The van der Waals surface area contributed by atoms with E-state index in [0.717, 1.165) is 58.5 Å². The highest BCUT2D eigenvalue weighted by atomic mass is 16.5. The molecule has 1 heterocycles. The number of amides is 1. The maximum atomic E-state index is 11.9. The van der Waals surface area contributed by atoms with Gasteiger partial charge in [-0.3, -0.25) is 4.79 Å². The van der Waals surface area contributed by atoms with Crippen molar-refractivity contribution in [2.75, 3.05) is 46.9 Å².